The first kappa shape index (κ1) is 15.3. The molecule has 1 saturated heterocycles. The second-order valence-corrected chi connectivity index (χ2v) is 5.69. The van der Waals surface area contributed by atoms with Gasteiger partial charge in [-0.15, -0.1) is 0 Å². The Balaban J connectivity index is 2.00. The number of hydrogen-bond donors (Lipinski definition) is 1. The molecule has 1 aliphatic rings. The number of rotatable bonds is 2. The first-order chi connectivity index (χ1) is 10.4. The highest BCUT2D eigenvalue weighted by Crippen LogP contribution is 2.34. The molecule has 1 aromatic carbocycles. The van der Waals surface area contributed by atoms with E-state index in [4.69, 9.17) is 11.6 Å². The van der Waals surface area contributed by atoms with Crippen LogP contribution in [0.5, 0.6) is 0 Å². The van der Waals surface area contributed by atoms with Crippen LogP contribution < -0.4 is 5.32 Å². The Morgan fingerprint density at radius 2 is 2.00 bits per heavy atom. The summed E-state index contributed by atoms with van der Waals surface area (Å²) in [5.74, 6) is 0. The van der Waals surface area contributed by atoms with Crippen molar-refractivity contribution in [3.8, 4) is 11.1 Å². The van der Waals surface area contributed by atoms with Gasteiger partial charge in [0.05, 0.1) is 5.56 Å². The van der Waals surface area contributed by atoms with Crippen molar-refractivity contribution < 1.29 is 13.2 Å². The van der Waals surface area contributed by atoms with E-state index in [2.05, 4.69) is 10.3 Å². The molecule has 0 saturated carbocycles. The minimum atomic E-state index is -4.36. The van der Waals surface area contributed by atoms with E-state index in [1.54, 1.807) is 6.07 Å². The monoisotopic (exact) mass is 326 g/mol. The van der Waals surface area contributed by atoms with Crippen LogP contribution in [-0.4, -0.2) is 11.5 Å². The first-order valence-electron chi connectivity index (χ1n) is 7.01. The molecular weight excluding hydrogens is 313 g/mol. The minimum Gasteiger partial charge on any atom is -0.310 e. The molecule has 2 nitrogen and oxygen atoms in total. The van der Waals surface area contributed by atoms with Gasteiger partial charge in [-0.1, -0.05) is 23.7 Å². The summed E-state index contributed by atoms with van der Waals surface area (Å²) >= 11 is 6.14. The van der Waals surface area contributed by atoms with E-state index < -0.39 is 11.7 Å². The van der Waals surface area contributed by atoms with Gasteiger partial charge in [-0.25, -0.2) is 4.98 Å². The van der Waals surface area contributed by atoms with Crippen molar-refractivity contribution in [3.63, 3.8) is 0 Å². The van der Waals surface area contributed by atoms with Crippen molar-refractivity contribution in [2.75, 3.05) is 6.54 Å². The van der Waals surface area contributed by atoms with Crippen molar-refractivity contribution in [1.82, 2.24) is 10.3 Å². The zero-order chi connectivity index (χ0) is 15.7. The van der Waals surface area contributed by atoms with Crippen LogP contribution in [0.2, 0.25) is 5.15 Å². The molecule has 0 aliphatic carbocycles. The standard InChI is InChI=1S/C16H14ClF3N2/c17-15-13(14-5-2-6-21-14)8-11(9-22-15)10-3-1-4-12(7-10)16(18,19)20/h1,3-4,7-9,14,21H,2,5-6H2/t14-/m0/s1. The molecule has 116 valence electrons. The maximum Gasteiger partial charge on any atom is 0.416 e. The van der Waals surface area contributed by atoms with Crippen LogP contribution in [0.1, 0.15) is 30.0 Å². The molecule has 1 aromatic heterocycles. The predicted molar refractivity (Wildman–Crippen MR) is 79.7 cm³/mol. The summed E-state index contributed by atoms with van der Waals surface area (Å²) in [4.78, 5) is 4.14. The first-order valence-corrected chi connectivity index (χ1v) is 7.39. The normalized spacial score (nSPS) is 18.6. The Hall–Kier alpha value is -1.59. The van der Waals surface area contributed by atoms with Gasteiger partial charge in [-0.3, -0.25) is 0 Å². The van der Waals surface area contributed by atoms with Crippen LogP contribution in [0.25, 0.3) is 11.1 Å². The molecule has 1 fully saturated rings. The van der Waals surface area contributed by atoms with E-state index >= 15 is 0 Å². The Labute approximate surface area is 131 Å². The molecular formula is C16H14ClF3N2. The molecule has 1 atom stereocenters. The number of benzene rings is 1. The van der Waals surface area contributed by atoms with E-state index in [1.807, 2.05) is 6.07 Å². The fourth-order valence-corrected chi connectivity index (χ4v) is 2.93. The molecule has 2 heterocycles. The second-order valence-electron chi connectivity index (χ2n) is 5.33. The maximum absolute atomic E-state index is 12.8. The number of alkyl halides is 3. The Morgan fingerprint density at radius 1 is 1.18 bits per heavy atom. The molecule has 1 aliphatic heterocycles. The molecule has 6 heteroatoms. The highest BCUT2D eigenvalue weighted by Gasteiger charge is 2.30. The summed E-state index contributed by atoms with van der Waals surface area (Å²) in [6.45, 7) is 0.911. The van der Waals surface area contributed by atoms with Gasteiger partial charge in [0, 0.05) is 23.4 Å². The van der Waals surface area contributed by atoms with Gasteiger partial charge < -0.3 is 5.32 Å². The molecule has 0 amide bonds. The maximum atomic E-state index is 12.8. The van der Waals surface area contributed by atoms with Gasteiger partial charge in [0.25, 0.3) is 0 Å². The third kappa shape index (κ3) is 3.10. The van der Waals surface area contributed by atoms with Crippen LogP contribution in [0.15, 0.2) is 36.5 Å². The zero-order valence-electron chi connectivity index (χ0n) is 11.6. The summed E-state index contributed by atoms with van der Waals surface area (Å²) in [5, 5.41) is 3.72. The van der Waals surface area contributed by atoms with E-state index in [9.17, 15) is 13.2 Å². The lowest BCUT2D eigenvalue weighted by atomic mass is 10.00. The molecule has 0 unspecified atom stereocenters. The van der Waals surface area contributed by atoms with Crippen molar-refractivity contribution >= 4 is 11.6 Å². The molecule has 22 heavy (non-hydrogen) atoms. The van der Waals surface area contributed by atoms with Crippen LogP contribution in [0.4, 0.5) is 13.2 Å². The Morgan fingerprint density at radius 3 is 2.68 bits per heavy atom. The number of pyridine rings is 1. The summed E-state index contributed by atoms with van der Waals surface area (Å²) in [6, 6.07) is 7.19. The van der Waals surface area contributed by atoms with Gasteiger partial charge >= 0.3 is 6.18 Å². The topological polar surface area (TPSA) is 24.9 Å². The number of nitrogens with zero attached hydrogens (tertiary/aromatic N) is 1. The highest BCUT2D eigenvalue weighted by molar-refractivity contribution is 6.30. The number of halogens is 4. The quantitative estimate of drug-likeness (QED) is 0.798. The second kappa shape index (κ2) is 5.89. The molecule has 0 spiro atoms. The zero-order valence-corrected chi connectivity index (χ0v) is 12.4. The van der Waals surface area contributed by atoms with Crippen molar-refractivity contribution in [3.05, 3.63) is 52.8 Å². The van der Waals surface area contributed by atoms with Gasteiger partial charge in [-0.2, -0.15) is 13.2 Å². The van der Waals surface area contributed by atoms with Crippen molar-refractivity contribution in [2.45, 2.75) is 25.1 Å². The Bertz CT molecular complexity index is 679. The number of aromatic nitrogens is 1. The lowest BCUT2D eigenvalue weighted by Crippen LogP contribution is -2.13. The van der Waals surface area contributed by atoms with Crippen LogP contribution in [0.3, 0.4) is 0 Å². The number of hydrogen-bond acceptors (Lipinski definition) is 2. The molecule has 2 aromatic rings. The van der Waals surface area contributed by atoms with E-state index in [0.29, 0.717) is 16.3 Å². The molecule has 3 rings (SSSR count). The Kier molecular flexibility index (Phi) is 4.10. The van der Waals surface area contributed by atoms with Gasteiger partial charge in [0.2, 0.25) is 0 Å². The minimum absolute atomic E-state index is 0.116. The fraction of sp³-hybridized carbons (Fsp3) is 0.312. The SMILES string of the molecule is FC(F)(F)c1cccc(-c2cnc(Cl)c([C@@H]3CCCN3)c2)c1. The highest BCUT2D eigenvalue weighted by atomic mass is 35.5. The van der Waals surface area contributed by atoms with Gasteiger partial charge in [-0.05, 0) is 43.1 Å². The van der Waals surface area contributed by atoms with E-state index in [-0.39, 0.29) is 6.04 Å². The predicted octanol–water partition coefficient (Wildman–Crippen LogP) is 4.85. The lowest BCUT2D eigenvalue weighted by molar-refractivity contribution is -0.137. The summed E-state index contributed by atoms with van der Waals surface area (Å²) in [7, 11) is 0. The average molecular weight is 327 g/mol. The summed E-state index contributed by atoms with van der Waals surface area (Å²) < 4.78 is 38.5. The third-order valence-corrected chi connectivity index (χ3v) is 4.14. The summed E-state index contributed by atoms with van der Waals surface area (Å²) in [5.41, 5.74) is 1.30. The third-order valence-electron chi connectivity index (χ3n) is 3.83. The van der Waals surface area contributed by atoms with E-state index in [0.717, 1.165) is 37.1 Å². The van der Waals surface area contributed by atoms with Gasteiger partial charge in [0.1, 0.15) is 5.15 Å². The van der Waals surface area contributed by atoms with Crippen molar-refractivity contribution in [1.29, 1.82) is 0 Å². The lowest BCUT2D eigenvalue weighted by Gasteiger charge is -2.14. The molecule has 0 bridgehead atoms. The van der Waals surface area contributed by atoms with Gasteiger partial charge in [0.15, 0.2) is 0 Å². The van der Waals surface area contributed by atoms with Crippen LogP contribution >= 0.6 is 11.6 Å². The summed E-state index contributed by atoms with van der Waals surface area (Å²) in [6.07, 6.45) is -0.843. The average Bonchev–Trinajstić information content (AvgIpc) is 3.01. The number of nitrogens with one attached hydrogen (secondary N) is 1. The van der Waals surface area contributed by atoms with Crippen LogP contribution in [-0.2, 0) is 6.18 Å². The smallest absolute Gasteiger partial charge is 0.310 e. The van der Waals surface area contributed by atoms with Crippen molar-refractivity contribution in [2.24, 2.45) is 0 Å². The molecule has 0 radical (unpaired) electrons. The van der Waals surface area contributed by atoms with Crippen LogP contribution in [0, 0.1) is 0 Å². The molecule has 1 N–H and O–H groups in total. The largest absolute Gasteiger partial charge is 0.416 e. The fourth-order valence-electron chi connectivity index (χ4n) is 2.69. The van der Waals surface area contributed by atoms with E-state index in [1.165, 1.54) is 12.3 Å².